The number of fused-ring (bicyclic) bond motifs is 8. The summed E-state index contributed by atoms with van der Waals surface area (Å²) in [5.41, 5.74) is 13.1. The molecule has 0 bridgehead atoms. The molecule has 0 spiro atoms. The standard InChI is InChI=1S/C44H25BN4/c46-26-31-15-9-17-35-36-18-10-16-32(27-47)43(36)49(42(31)35)45-38-19-7-8-20-39(38)48-40-25-30(28-11-3-1-4-12-28)21-22-34(40)37-24-23-33(41(45)44(37)48)29-13-5-2-6-14-29/h1-25H. The van der Waals surface area contributed by atoms with Gasteiger partial charge in [-0.1, -0.05) is 127 Å². The van der Waals surface area contributed by atoms with Gasteiger partial charge in [-0.2, -0.15) is 10.5 Å². The van der Waals surface area contributed by atoms with E-state index >= 15 is 0 Å². The van der Waals surface area contributed by atoms with E-state index in [0.717, 1.165) is 66.1 Å². The summed E-state index contributed by atoms with van der Waals surface area (Å²) in [6.45, 7) is -0.329. The van der Waals surface area contributed by atoms with Crippen LogP contribution in [0.2, 0.25) is 0 Å². The fraction of sp³-hybridized carbons (Fsp3) is 0. The molecule has 4 nitrogen and oxygen atoms in total. The molecule has 9 aromatic rings. The van der Waals surface area contributed by atoms with Gasteiger partial charge in [0.1, 0.15) is 12.1 Å². The Morgan fingerprint density at radius 1 is 0.469 bits per heavy atom. The van der Waals surface area contributed by atoms with Crippen LogP contribution in [0.25, 0.3) is 71.6 Å². The van der Waals surface area contributed by atoms with E-state index in [-0.39, 0.29) is 6.85 Å². The summed E-state index contributed by atoms with van der Waals surface area (Å²) in [6.07, 6.45) is 0. The Morgan fingerprint density at radius 2 is 1.06 bits per heavy atom. The summed E-state index contributed by atoms with van der Waals surface area (Å²) < 4.78 is 4.73. The Hall–Kier alpha value is -6.82. The summed E-state index contributed by atoms with van der Waals surface area (Å²) in [5, 5.41) is 25.4. The maximum Gasteiger partial charge on any atom is 0.333 e. The number of para-hydroxylation sites is 3. The minimum Gasteiger partial charge on any atom is -0.374 e. The van der Waals surface area contributed by atoms with Gasteiger partial charge >= 0.3 is 6.85 Å². The average molecular weight is 621 g/mol. The van der Waals surface area contributed by atoms with Gasteiger partial charge in [0, 0.05) is 27.2 Å². The first-order chi connectivity index (χ1) is 24.3. The van der Waals surface area contributed by atoms with Crippen LogP contribution in [0.5, 0.6) is 0 Å². The molecule has 0 atom stereocenters. The maximum atomic E-state index is 10.5. The Labute approximate surface area is 283 Å². The molecule has 49 heavy (non-hydrogen) atoms. The van der Waals surface area contributed by atoms with E-state index in [0.29, 0.717) is 11.1 Å². The minimum absolute atomic E-state index is 0.329. The molecule has 10 rings (SSSR count). The highest BCUT2D eigenvalue weighted by Gasteiger charge is 2.39. The largest absolute Gasteiger partial charge is 0.374 e. The molecule has 0 N–H and O–H groups in total. The van der Waals surface area contributed by atoms with E-state index < -0.39 is 0 Å². The molecule has 0 amide bonds. The molecule has 7 aromatic carbocycles. The zero-order chi connectivity index (χ0) is 32.6. The SMILES string of the molecule is N#Cc1cccc2c3cccc(C#N)c3n(B3c4ccccc4-n4c5cc(-c6ccccc6)ccc5c5ccc(-c6ccccc6)c3c54)c12. The highest BCUT2D eigenvalue weighted by atomic mass is 15.0. The van der Waals surface area contributed by atoms with Crippen molar-refractivity contribution in [1.82, 2.24) is 9.05 Å². The molecule has 0 fully saturated rings. The third-order valence-electron chi connectivity index (χ3n) is 10.3. The third-order valence-corrected chi connectivity index (χ3v) is 10.3. The topological polar surface area (TPSA) is 57.4 Å². The van der Waals surface area contributed by atoms with Crippen LogP contribution in [-0.4, -0.2) is 15.9 Å². The predicted octanol–water partition coefficient (Wildman–Crippen LogP) is 8.94. The molecule has 1 aliphatic rings. The third kappa shape index (κ3) is 3.73. The van der Waals surface area contributed by atoms with Crippen LogP contribution in [0.3, 0.4) is 0 Å². The molecular formula is C44H25BN4. The van der Waals surface area contributed by atoms with Crippen molar-refractivity contribution < 1.29 is 0 Å². The zero-order valence-corrected chi connectivity index (χ0v) is 26.3. The van der Waals surface area contributed by atoms with Gasteiger partial charge in [-0.3, -0.25) is 0 Å². The van der Waals surface area contributed by atoms with E-state index in [9.17, 15) is 10.5 Å². The molecule has 224 valence electrons. The van der Waals surface area contributed by atoms with Crippen molar-refractivity contribution in [3.05, 3.63) is 163 Å². The number of hydrogen-bond donors (Lipinski definition) is 0. The summed E-state index contributed by atoms with van der Waals surface area (Å²) in [6, 6.07) is 57.8. The number of hydrogen-bond acceptors (Lipinski definition) is 2. The van der Waals surface area contributed by atoms with Gasteiger partial charge in [-0.05, 0) is 57.4 Å². The fourth-order valence-electron chi connectivity index (χ4n) is 8.28. The van der Waals surface area contributed by atoms with Gasteiger partial charge in [-0.15, -0.1) is 0 Å². The van der Waals surface area contributed by atoms with Crippen molar-refractivity contribution >= 4 is 61.4 Å². The van der Waals surface area contributed by atoms with Gasteiger partial charge in [-0.25, -0.2) is 0 Å². The Morgan fingerprint density at radius 3 is 1.73 bits per heavy atom. The molecule has 0 radical (unpaired) electrons. The smallest absolute Gasteiger partial charge is 0.333 e. The lowest BCUT2D eigenvalue weighted by molar-refractivity contribution is 1.18. The van der Waals surface area contributed by atoms with Gasteiger partial charge in [0.2, 0.25) is 0 Å². The average Bonchev–Trinajstić information content (AvgIpc) is 3.69. The lowest BCUT2D eigenvalue weighted by atomic mass is 9.46. The van der Waals surface area contributed by atoms with Crippen LogP contribution in [0, 0.1) is 22.7 Å². The van der Waals surface area contributed by atoms with Crippen LogP contribution >= 0.6 is 0 Å². The first-order valence-corrected chi connectivity index (χ1v) is 16.4. The highest BCUT2D eigenvalue weighted by Crippen LogP contribution is 2.40. The number of rotatable bonds is 3. The van der Waals surface area contributed by atoms with Crippen molar-refractivity contribution in [1.29, 1.82) is 10.5 Å². The number of benzene rings is 7. The molecule has 5 heteroatoms. The lowest BCUT2D eigenvalue weighted by Gasteiger charge is -2.30. The first-order valence-electron chi connectivity index (χ1n) is 16.4. The second-order valence-corrected chi connectivity index (χ2v) is 12.7. The van der Waals surface area contributed by atoms with E-state index in [4.69, 9.17) is 0 Å². The molecular weight excluding hydrogens is 595 g/mol. The van der Waals surface area contributed by atoms with Crippen molar-refractivity contribution in [2.24, 2.45) is 0 Å². The zero-order valence-electron chi connectivity index (χ0n) is 26.3. The van der Waals surface area contributed by atoms with Gasteiger partial charge in [0.05, 0.1) is 33.2 Å². The van der Waals surface area contributed by atoms with Crippen molar-refractivity contribution in [3.8, 4) is 40.1 Å². The van der Waals surface area contributed by atoms with Crippen LogP contribution in [0.4, 0.5) is 0 Å². The van der Waals surface area contributed by atoms with Gasteiger partial charge in [0.25, 0.3) is 0 Å². The molecule has 0 saturated carbocycles. The summed E-state index contributed by atoms with van der Waals surface area (Å²) >= 11 is 0. The quantitative estimate of drug-likeness (QED) is 0.185. The molecule has 0 saturated heterocycles. The van der Waals surface area contributed by atoms with E-state index in [1.807, 2.05) is 30.3 Å². The summed E-state index contributed by atoms with van der Waals surface area (Å²) in [5.74, 6) is 0. The normalized spacial score (nSPS) is 12.0. The van der Waals surface area contributed by atoms with Crippen LogP contribution < -0.4 is 10.9 Å². The number of nitriles is 2. The summed E-state index contributed by atoms with van der Waals surface area (Å²) in [4.78, 5) is 0. The molecule has 0 aliphatic carbocycles. The highest BCUT2D eigenvalue weighted by molar-refractivity contribution is 6.89. The molecule has 3 heterocycles. The fourth-order valence-corrected chi connectivity index (χ4v) is 8.28. The second kappa shape index (κ2) is 10.3. The Kier molecular flexibility index (Phi) is 5.77. The van der Waals surface area contributed by atoms with E-state index in [1.54, 1.807) is 0 Å². The Bertz CT molecular complexity index is 2830. The molecule has 2 aromatic heterocycles. The van der Waals surface area contributed by atoms with Gasteiger partial charge < -0.3 is 9.05 Å². The number of nitrogens with zero attached hydrogens (tertiary/aromatic N) is 4. The monoisotopic (exact) mass is 620 g/mol. The maximum absolute atomic E-state index is 10.5. The van der Waals surface area contributed by atoms with E-state index in [1.165, 1.54) is 16.3 Å². The molecule has 1 aliphatic heterocycles. The van der Waals surface area contributed by atoms with Crippen molar-refractivity contribution in [2.75, 3.05) is 0 Å². The minimum atomic E-state index is -0.329. The van der Waals surface area contributed by atoms with Crippen LogP contribution in [-0.2, 0) is 0 Å². The second-order valence-electron chi connectivity index (χ2n) is 12.7. The molecule has 0 unspecified atom stereocenters. The number of aromatic nitrogens is 2. The van der Waals surface area contributed by atoms with Crippen molar-refractivity contribution in [2.45, 2.75) is 0 Å². The van der Waals surface area contributed by atoms with E-state index in [2.05, 4.69) is 143 Å². The van der Waals surface area contributed by atoms with Gasteiger partial charge in [0.15, 0.2) is 0 Å². The lowest BCUT2D eigenvalue weighted by Crippen LogP contribution is -2.54. The predicted molar refractivity (Wildman–Crippen MR) is 201 cm³/mol. The van der Waals surface area contributed by atoms with Crippen molar-refractivity contribution in [3.63, 3.8) is 0 Å². The Balaban J connectivity index is 1.44. The van der Waals surface area contributed by atoms with Crippen LogP contribution in [0.15, 0.2) is 152 Å². The van der Waals surface area contributed by atoms with Crippen LogP contribution in [0.1, 0.15) is 11.1 Å². The first kappa shape index (κ1) is 27.3. The summed E-state index contributed by atoms with van der Waals surface area (Å²) in [7, 11) is 0.